The molecule has 0 saturated heterocycles. The molecule has 0 radical (unpaired) electrons. The van der Waals surface area contributed by atoms with E-state index in [9.17, 15) is 9.18 Å². The smallest absolute Gasteiger partial charge is 0.276 e. The van der Waals surface area contributed by atoms with E-state index in [1.165, 1.54) is 30.6 Å². The van der Waals surface area contributed by atoms with Crippen molar-refractivity contribution in [3.8, 4) is 5.75 Å². The molecule has 1 unspecified atom stereocenters. The summed E-state index contributed by atoms with van der Waals surface area (Å²) in [5, 5.41) is 16.9. The molecule has 0 bridgehead atoms. The van der Waals surface area contributed by atoms with Gasteiger partial charge in [-0.1, -0.05) is 23.2 Å². The van der Waals surface area contributed by atoms with Crippen molar-refractivity contribution in [1.82, 2.24) is 20.4 Å². The van der Waals surface area contributed by atoms with Gasteiger partial charge in [-0.05, 0) is 26.0 Å². The van der Waals surface area contributed by atoms with E-state index >= 15 is 0 Å². The summed E-state index contributed by atoms with van der Waals surface area (Å²) in [6.45, 7) is 3.33. The Morgan fingerprint density at radius 1 is 1.33 bits per heavy atom. The summed E-state index contributed by atoms with van der Waals surface area (Å²) >= 11 is 12.2. The third-order valence-electron chi connectivity index (χ3n) is 3.71. The summed E-state index contributed by atoms with van der Waals surface area (Å²) in [6, 6.07) is 4.02. The van der Waals surface area contributed by atoms with Crippen molar-refractivity contribution >= 4 is 34.8 Å². The van der Waals surface area contributed by atoms with Gasteiger partial charge in [0.25, 0.3) is 5.91 Å². The van der Waals surface area contributed by atoms with Gasteiger partial charge in [-0.25, -0.2) is 4.39 Å². The number of halogens is 3. The predicted molar refractivity (Wildman–Crippen MR) is 98.8 cm³/mol. The van der Waals surface area contributed by atoms with Crippen LogP contribution in [-0.4, -0.2) is 26.3 Å². The number of aromatic nitrogens is 4. The predicted octanol–water partition coefficient (Wildman–Crippen LogP) is 4.35. The number of benzene rings is 1. The number of nitrogens with one attached hydrogen (secondary N) is 2. The lowest BCUT2D eigenvalue weighted by Crippen LogP contribution is -2.15. The average Bonchev–Trinajstić information content (AvgIpc) is 3.13. The summed E-state index contributed by atoms with van der Waals surface area (Å²) in [5.74, 6) is -0.786. The van der Waals surface area contributed by atoms with Gasteiger partial charge in [0, 0.05) is 22.8 Å². The third-order valence-corrected chi connectivity index (χ3v) is 4.42. The number of carbonyl (C=O) groups is 1. The van der Waals surface area contributed by atoms with Crippen molar-refractivity contribution < 1.29 is 13.9 Å². The summed E-state index contributed by atoms with van der Waals surface area (Å²) in [4.78, 5) is 12.3. The Labute approximate surface area is 163 Å². The second-order valence-electron chi connectivity index (χ2n) is 5.64. The fourth-order valence-electron chi connectivity index (χ4n) is 2.35. The number of rotatable bonds is 5. The van der Waals surface area contributed by atoms with Gasteiger partial charge >= 0.3 is 0 Å². The van der Waals surface area contributed by atoms with Crippen LogP contribution < -0.4 is 10.1 Å². The second kappa shape index (κ2) is 7.89. The van der Waals surface area contributed by atoms with Gasteiger partial charge in [-0.2, -0.15) is 10.2 Å². The number of hydrogen-bond acceptors (Lipinski definition) is 5. The molecule has 2 aromatic heterocycles. The molecule has 0 spiro atoms. The minimum absolute atomic E-state index is 0.0421. The topological polar surface area (TPSA) is 92.8 Å². The highest BCUT2D eigenvalue weighted by Gasteiger charge is 2.21. The van der Waals surface area contributed by atoms with Gasteiger partial charge in [0.2, 0.25) is 0 Å². The maximum Gasteiger partial charge on any atom is 0.276 e. The quantitative estimate of drug-likeness (QED) is 0.611. The SMILES string of the molecule is Cc1nnc(C(=O)Nc2cn[nH]c2)cc1OC(C)c1c(Cl)ccc(F)c1Cl. The fourth-order valence-corrected chi connectivity index (χ4v) is 3.02. The molecular weight excluding hydrogens is 396 g/mol. The van der Waals surface area contributed by atoms with Crippen LogP contribution in [0.5, 0.6) is 5.75 Å². The normalized spacial score (nSPS) is 11.9. The number of aromatic amines is 1. The molecular formula is C17H14Cl2FN5O2. The Morgan fingerprint density at radius 2 is 2.11 bits per heavy atom. The lowest BCUT2D eigenvalue weighted by Gasteiger charge is -2.19. The maximum atomic E-state index is 13.8. The monoisotopic (exact) mass is 409 g/mol. The van der Waals surface area contributed by atoms with Crippen LogP contribution in [0.1, 0.15) is 34.8 Å². The van der Waals surface area contributed by atoms with E-state index in [4.69, 9.17) is 27.9 Å². The van der Waals surface area contributed by atoms with Gasteiger partial charge in [-0.15, -0.1) is 5.10 Å². The number of nitrogens with zero attached hydrogens (tertiary/aromatic N) is 3. The highest BCUT2D eigenvalue weighted by Crippen LogP contribution is 2.35. The van der Waals surface area contributed by atoms with Crippen molar-refractivity contribution in [3.63, 3.8) is 0 Å². The molecule has 2 heterocycles. The molecule has 27 heavy (non-hydrogen) atoms. The zero-order valence-corrected chi connectivity index (χ0v) is 15.8. The number of carbonyl (C=O) groups excluding carboxylic acids is 1. The van der Waals surface area contributed by atoms with Crippen LogP contribution >= 0.6 is 23.2 Å². The van der Waals surface area contributed by atoms with Crippen LogP contribution in [0.4, 0.5) is 10.1 Å². The number of ether oxygens (including phenoxy) is 1. The minimum Gasteiger partial charge on any atom is -0.484 e. The molecule has 2 N–H and O–H groups in total. The van der Waals surface area contributed by atoms with E-state index in [2.05, 4.69) is 25.7 Å². The number of H-pyrrole nitrogens is 1. The molecule has 10 heteroatoms. The fraction of sp³-hybridized carbons (Fsp3) is 0.176. The maximum absolute atomic E-state index is 13.8. The largest absolute Gasteiger partial charge is 0.484 e. The van der Waals surface area contributed by atoms with Crippen LogP contribution in [0.15, 0.2) is 30.6 Å². The number of amides is 1. The van der Waals surface area contributed by atoms with Crippen LogP contribution in [0, 0.1) is 12.7 Å². The lowest BCUT2D eigenvalue weighted by atomic mass is 10.1. The first-order valence-electron chi connectivity index (χ1n) is 7.81. The van der Waals surface area contributed by atoms with Gasteiger partial charge in [-0.3, -0.25) is 9.89 Å². The lowest BCUT2D eigenvalue weighted by molar-refractivity contribution is 0.102. The van der Waals surface area contributed by atoms with Gasteiger partial charge in [0.05, 0.1) is 16.9 Å². The Kier molecular flexibility index (Phi) is 5.57. The average molecular weight is 410 g/mol. The first-order chi connectivity index (χ1) is 12.9. The zero-order chi connectivity index (χ0) is 19.6. The molecule has 1 aromatic carbocycles. The Balaban J connectivity index is 1.85. The van der Waals surface area contributed by atoms with Crippen LogP contribution in [0.2, 0.25) is 10.0 Å². The highest BCUT2D eigenvalue weighted by atomic mass is 35.5. The van der Waals surface area contributed by atoms with Crippen molar-refractivity contribution in [2.45, 2.75) is 20.0 Å². The summed E-state index contributed by atoms with van der Waals surface area (Å²) in [7, 11) is 0. The standard InChI is InChI=1S/C17H14Cl2FN5O2/c1-8-14(27-9(2)15-11(18)3-4-12(20)16(15)19)5-13(25-24-8)17(26)23-10-6-21-22-7-10/h3-7,9H,1-2H3,(H,21,22)(H,23,26). The van der Waals surface area contributed by atoms with Gasteiger partial charge in [0.15, 0.2) is 5.69 Å². The molecule has 0 aliphatic carbocycles. The van der Waals surface area contributed by atoms with Crippen molar-refractivity contribution in [2.24, 2.45) is 0 Å². The molecule has 0 aliphatic heterocycles. The first-order valence-corrected chi connectivity index (χ1v) is 8.57. The van der Waals surface area contributed by atoms with Crippen LogP contribution in [0.25, 0.3) is 0 Å². The van der Waals surface area contributed by atoms with E-state index < -0.39 is 17.8 Å². The highest BCUT2D eigenvalue weighted by molar-refractivity contribution is 6.36. The number of hydrogen-bond donors (Lipinski definition) is 2. The van der Waals surface area contributed by atoms with E-state index in [1.54, 1.807) is 13.8 Å². The van der Waals surface area contributed by atoms with E-state index in [-0.39, 0.29) is 15.7 Å². The molecule has 0 fully saturated rings. The van der Waals surface area contributed by atoms with E-state index in [1.807, 2.05) is 0 Å². The van der Waals surface area contributed by atoms with Gasteiger partial charge < -0.3 is 10.1 Å². The minimum atomic E-state index is -0.687. The molecule has 7 nitrogen and oxygen atoms in total. The molecule has 140 valence electrons. The molecule has 3 rings (SSSR count). The van der Waals surface area contributed by atoms with E-state index in [0.717, 1.165) is 0 Å². The molecule has 1 atom stereocenters. The molecule has 0 saturated carbocycles. The van der Waals surface area contributed by atoms with Gasteiger partial charge in [0.1, 0.15) is 23.4 Å². The second-order valence-corrected chi connectivity index (χ2v) is 6.42. The van der Waals surface area contributed by atoms with Crippen molar-refractivity contribution in [2.75, 3.05) is 5.32 Å². The Bertz CT molecular complexity index is 982. The Morgan fingerprint density at radius 3 is 2.81 bits per heavy atom. The first kappa shape index (κ1) is 19.1. The molecule has 0 aliphatic rings. The zero-order valence-electron chi connectivity index (χ0n) is 14.3. The number of anilines is 1. The summed E-state index contributed by atoms with van der Waals surface area (Å²) < 4.78 is 19.6. The third kappa shape index (κ3) is 4.17. The van der Waals surface area contributed by atoms with Crippen LogP contribution in [-0.2, 0) is 0 Å². The number of aryl methyl sites for hydroxylation is 1. The Hall–Kier alpha value is -2.71. The molecule has 1 amide bonds. The summed E-state index contributed by atoms with van der Waals surface area (Å²) in [5.41, 5.74) is 1.28. The summed E-state index contributed by atoms with van der Waals surface area (Å²) in [6.07, 6.45) is 2.29. The van der Waals surface area contributed by atoms with Crippen LogP contribution in [0.3, 0.4) is 0 Å². The van der Waals surface area contributed by atoms with Crippen molar-refractivity contribution in [3.05, 3.63) is 63.4 Å². The molecule has 3 aromatic rings. The van der Waals surface area contributed by atoms with Crippen molar-refractivity contribution in [1.29, 1.82) is 0 Å². The van der Waals surface area contributed by atoms with E-state index in [0.29, 0.717) is 22.7 Å².